The molecule has 0 amide bonds. The minimum atomic E-state index is -0.926. The average Bonchev–Trinajstić information content (AvgIpc) is 2.34. The fourth-order valence-corrected chi connectivity index (χ4v) is 1.81. The van der Waals surface area contributed by atoms with Gasteiger partial charge in [-0.3, -0.25) is 10.1 Å². The molecule has 0 aliphatic carbocycles. The first kappa shape index (κ1) is 15.6. The molecule has 0 aliphatic heterocycles. The maximum atomic E-state index is 10.6. The summed E-state index contributed by atoms with van der Waals surface area (Å²) in [6, 6.07) is 5.14. The molecule has 0 saturated carbocycles. The summed E-state index contributed by atoms with van der Waals surface area (Å²) in [5, 5.41) is 33.2. The maximum absolute atomic E-state index is 10.6. The molecule has 0 unspecified atom stereocenters. The van der Waals surface area contributed by atoms with E-state index < -0.39 is 17.1 Å². The molecule has 6 heteroatoms. The Hall–Kier alpha value is -1.50. The summed E-state index contributed by atoms with van der Waals surface area (Å²) in [7, 11) is 0. The number of aliphatic hydroxyl groups excluding tert-OH is 2. The molecular formula is C13H20N2O4. The lowest BCUT2D eigenvalue weighted by molar-refractivity contribution is -0.384. The Balaban J connectivity index is 2.85. The second-order valence-electron chi connectivity index (χ2n) is 5.48. The third-order valence-corrected chi connectivity index (χ3v) is 2.64. The van der Waals surface area contributed by atoms with Crippen LogP contribution in [0.1, 0.15) is 32.4 Å². The van der Waals surface area contributed by atoms with Crippen LogP contribution in [0, 0.1) is 10.1 Å². The van der Waals surface area contributed by atoms with E-state index in [1.54, 1.807) is 0 Å². The van der Waals surface area contributed by atoms with Gasteiger partial charge in [0, 0.05) is 17.7 Å². The third-order valence-electron chi connectivity index (χ3n) is 2.64. The summed E-state index contributed by atoms with van der Waals surface area (Å²) in [5.41, 5.74) is 0.247. The van der Waals surface area contributed by atoms with E-state index in [2.05, 4.69) is 5.32 Å². The number of nitro groups is 1. The number of nitrogens with zero attached hydrogens (tertiary/aromatic N) is 1. The van der Waals surface area contributed by atoms with Crippen molar-refractivity contribution in [3.05, 3.63) is 39.9 Å². The lowest BCUT2D eigenvalue weighted by Gasteiger charge is -2.30. The highest BCUT2D eigenvalue weighted by molar-refractivity contribution is 5.34. The highest BCUT2D eigenvalue weighted by Crippen LogP contribution is 2.21. The van der Waals surface area contributed by atoms with Crippen LogP contribution in [0.25, 0.3) is 0 Å². The Labute approximate surface area is 112 Å². The summed E-state index contributed by atoms with van der Waals surface area (Å²) in [6.07, 6.45) is -0.926. The molecule has 1 aromatic rings. The standard InChI is InChI=1S/C13H20N2O4/c1-13(2,3)14-11(8-16)12(17)9-4-6-10(7-5-9)15(18)19/h4-7,11-12,14,16-17H,8H2,1-3H3/t11-,12+/m1/s1. The minimum Gasteiger partial charge on any atom is -0.395 e. The fourth-order valence-electron chi connectivity index (χ4n) is 1.81. The van der Waals surface area contributed by atoms with Crippen LogP contribution >= 0.6 is 0 Å². The number of non-ortho nitro benzene ring substituents is 1. The van der Waals surface area contributed by atoms with E-state index in [9.17, 15) is 20.3 Å². The highest BCUT2D eigenvalue weighted by Gasteiger charge is 2.24. The maximum Gasteiger partial charge on any atom is 0.269 e. The average molecular weight is 268 g/mol. The van der Waals surface area contributed by atoms with E-state index in [1.807, 2.05) is 20.8 Å². The molecule has 0 radical (unpaired) electrons. The number of nitro benzene ring substituents is 1. The van der Waals surface area contributed by atoms with Gasteiger partial charge in [-0.2, -0.15) is 0 Å². The lowest BCUT2D eigenvalue weighted by Crippen LogP contribution is -2.48. The molecule has 1 aromatic carbocycles. The first-order valence-electron chi connectivity index (χ1n) is 6.05. The van der Waals surface area contributed by atoms with Gasteiger partial charge in [0.25, 0.3) is 5.69 Å². The van der Waals surface area contributed by atoms with Crippen molar-refractivity contribution in [3.8, 4) is 0 Å². The van der Waals surface area contributed by atoms with E-state index in [4.69, 9.17) is 0 Å². The Kier molecular flexibility index (Phi) is 4.99. The Morgan fingerprint density at radius 3 is 2.21 bits per heavy atom. The van der Waals surface area contributed by atoms with Crippen LogP contribution in [0.15, 0.2) is 24.3 Å². The molecule has 0 fully saturated rings. The normalized spacial score (nSPS) is 15.0. The van der Waals surface area contributed by atoms with E-state index >= 15 is 0 Å². The Bertz CT molecular complexity index is 425. The second kappa shape index (κ2) is 6.10. The van der Waals surface area contributed by atoms with Gasteiger partial charge in [0.2, 0.25) is 0 Å². The molecule has 0 heterocycles. The van der Waals surface area contributed by atoms with E-state index in [0.29, 0.717) is 5.56 Å². The van der Waals surface area contributed by atoms with Gasteiger partial charge in [-0.15, -0.1) is 0 Å². The summed E-state index contributed by atoms with van der Waals surface area (Å²) < 4.78 is 0. The van der Waals surface area contributed by atoms with Crippen molar-refractivity contribution in [1.29, 1.82) is 0 Å². The van der Waals surface area contributed by atoms with Gasteiger partial charge in [-0.25, -0.2) is 0 Å². The number of aliphatic hydroxyl groups is 2. The van der Waals surface area contributed by atoms with Crippen LogP contribution in [0.4, 0.5) is 5.69 Å². The van der Waals surface area contributed by atoms with Gasteiger partial charge in [0.1, 0.15) is 0 Å². The van der Waals surface area contributed by atoms with Crippen molar-refractivity contribution in [2.75, 3.05) is 6.61 Å². The smallest absolute Gasteiger partial charge is 0.269 e. The quantitative estimate of drug-likeness (QED) is 0.554. The first-order chi connectivity index (χ1) is 8.74. The van der Waals surface area contributed by atoms with E-state index in [1.165, 1.54) is 24.3 Å². The van der Waals surface area contributed by atoms with Crippen LogP contribution in [0.3, 0.4) is 0 Å². The molecule has 0 saturated heterocycles. The molecule has 0 bridgehead atoms. The molecular weight excluding hydrogens is 248 g/mol. The predicted molar refractivity (Wildman–Crippen MR) is 71.8 cm³/mol. The SMILES string of the molecule is CC(C)(C)N[C@H](CO)[C@@H](O)c1ccc([N+](=O)[O-])cc1. The van der Waals surface area contributed by atoms with Crippen LogP contribution in [0.2, 0.25) is 0 Å². The van der Waals surface area contributed by atoms with Crippen molar-refractivity contribution in [1.82, 2.24) is 5.32 Å². The fraction of sp³-hybridized carbons (Fsp3) is 0.538. The van der Waals surface area contributed by atoms with Crippen LogP contribution in [-0.4, -0.2) is 33.3 Å². The van der Waals surface area contributed by atoms with Crippen LogP contribution < -0.4 is 5.32 Å². The van der Waals surface area contributed by atoms with Gasteiger partial charge in [-0.05, 0) is 38.5 Å². The third kappa shape index (κ3) is 4.59. The number of benzene rings is 1. The topological polar surface area (TPSA) is 95.6 Å². The summed E-state index contributed by atoms with van der Waals surface area (Å²) >= 11 is 0. The van der Waals surface area contributed by atoms with Gasteiger partial charge in [0.15, 0.2) is 0 Å². The molecule has 0 aliphatic rings. The van der Waals surface area contributed by atoms with E-state index in [-0.39, 0.29) is 17.8 Å². The zero-order valence-corrected chi connectivity index (χ0v) is 11.3. The monoisotopic (exact) mass is 268 g/mol. The van der Waals surface area contributed by atoms with Gasteiger partial charge < -0.3 is 15.5 Å². The number of rotatable bonds is 5. The molecule has 6 nitrogen and oxygen atoms in total. The van der Waals surface area contributed by atoms with Crippen molar-refractivity contribution < 1.29 is 15.1 Å². The van der Waals surface area contributed by atoms with Crippen molar-refractivity contribution in [3.63, 3.8) is 0 Å². The number of hydrogen-bond donors (Lipinski definition) is 3. The highest BCUT2D eigenvalue weighted by atomic mass is 16.6. The lowest BCUT2D eigenvalue weighted by atomic mass is 9.99. The van der Waals surface area contributed by atoms with Gasteiger partial charge in [-0.1, -0.05) is 0 Å². The molecule has 1 rings (SSSR count). The number of hydrogen-bond acceptors (Lipinski definition) is 5. The van der Waals surface area contributed by atoms with Crippen LogP contribution in [-0.2, 0) is 0 Å². The van der Waals surface area contributed by atoms with Crippen molar-refractivity contribution in [2.24, 2.45) is 0 Å². The number of nitrogens with one attached hydrogen (secondary N) is 1. The minimum absolute atomic E-state index is 0.0275. The zero-order chi connectivity index (χ0) is 14.6. The Morgan fingerprint density at radius 2 is 1.84 bits per heavy atom. The van der Waals surface area contributed by atoms with Crippen molar-refractivity contribution >= 4 is 5.69 Å². The molecule has 2 atom stereocenters. The molecule has 3 N–H and O–H groups in total. The molecule has 0 aromatic heterocycles. The van der Waals surface area contributed by atoms with Crippen molar-refractivity contribution in [2.45, 2.75) is 38.5 Å². The van der Waals surface area contributed by atoms with Gasteiger partial charge in [0.05, 0.1) is 23.7 Å². The molecule has 19 heavy (non-hydrogen) atoms. The van der Waals surface area contributed by atoms with Gasteiger partial charge >= 0.3 is 0 Å². The second-order valence-corrected chi connectivity index (χ2v) is 5.48. The molecule has 106 valence electrons. The molecule has 0 spiro atoms. The van der Waals surface area contributed by atoms with E-state index in [0.717, 1.165) is 0 Å². The van der Waals surface area contributed by atoms with Crippen LogP contribution in [0.5, 0.6) is 0 Å². The predicted octanol–water partition coefficient (Wildman–Crippen LogP) is 1.38. The summed E-state index contributed by atoms with van der Waals surface area (Å²) in [5.74, 6) is 0. The summed E-state index contributed by atoms with van der Waals surface area (Å²) in [4.78, 5) is 10.1. The Morgan fingerprint density at radius 1 is 1.32 bits per heavy atom. The first-order valence-corrected chi connectivity index (χ1v) is 6.05. The zero-order valence-electron chi connectivity index (χ0n) is 11.3. The summed E-state index contributed by atoms with van der Waals surface area (Å²) in [6.45, 7) is 5.56. The largest absolute Gasteiger partial charge is 0.395 e.